The number of methoxy groups -OCH3 is 1. The van der Waals surface area contributed by atoms with E-state index in [1.165, 1.54) is 0 Å². The van der Waals surface area contributed by atoms with E-state index in [1.54, 1.807) is 23.1 Å². The number of halogens is 1. The molecule has 5 rings (SSSR count). The van der Waals surface area contributed by atoms with Gasteiger partial charge in [0.25, 0.3) is 0 Å². The van der Waals surface area contributed by atoms with Gasteiger partial charge < -0.3 is 10.1 Å². The Kier molecular flexibility index (Phi) is 4.17. The van der Waals surface area contributed by atoms with Gasteiger partial charge in [0.2, 0.25) is 11.0 Å². The minimum atomic E-state index is -0.140. The fourth-order valence-electron chi connectivity index (χ4n) is 3.57. The van der Waals surface area contributed by atoms with Crippen molar-refractivity contribution in [3.63, 3.8) is 0 Å². The fourth-order valence-corrected chi connectivity index (χ4v) is 4.88. The standard InChI is InChI=1S/C20H15BrN4O2S/c1-27-16-7-6-11(21)8-13(16)12-9-18(26)24-19-14(12)10-22-25(19)20-23-15-4-2-3-5-17(15)28-20/h2-8,10,12H,9H2,1H3,(H,24,26). The molecule has 1 unspecified atom stereocenters. The first-order valence-corrected chi connectivity index (χ1v) is 10.3. The molecule has 0 fully saturated rings. The number of hydrogen-bond donors (Lipinski definition) is 1. The van der Waals surface area contributed by atoms with Crippen molar-refractivity contribution in [1.82, 2.24) is 14.8 Å². The van der Waals surface area contributed by atoms with Gasteiger partial charge in [0.05, 0.1) is 23.5 Å². The third-order valence-electron chi connectivity index (χ3n) is 4.85. The lowest BCUT2D eigenvalue weighted by molar-refractivity contribution is -0.116. The van der Waals surface area contributed by atoms with Crippen molar-refractivity contribution in [2.75, 3.05) is 12.4 Å². The van der Waals surface area contributed by atoms with Crippen molar-refractivity contribution < 1.29 is 9.53 Å². The van der Waals surface area contributed by atoms with Gasteiger partial charge in [-0.25, -0.2) is 4.98 Å². The molecule has 0 radical (unpaired) electrons. The Balaban J connectivity index is 1.65. The van der Waals surface area contributed by atoms with Crippen molar-refractivity contribution in [3.8, 4) is 10.9 Å². The summed E-state index contributed by atoms with van der Waals surface area (Å²) >= 11 is 5.07. The number of rotatable bonds is 3. The molecule has 0 bridgehead atoms. The van der Waals surface area contributed by atoms with Crippen LogP contribution < -0.4 is 10.1 Å². The molecule has 1 amide bonds. The summed E-state index contributed by atoms with van der Waals surface area (Å²) in [6, 6.07) is 13.8. The summed E-state index contributed by atoms with van der Waals surface area (Å²) in [7, 11) is 1.64. The number of fused-ring (bicyclic) bond motifs is 2. The Morgan fingerprint density at radius 2 is 2.11 bits per heavy atom. The Morgan fingerprint density at radius 1 is 1.25 bits per heavy atom. The number of carbonyl (C=O) groups excluding carboxylic acids is 1. The number of hydrogen-bond acceptors (Lipinski definition) is 5. The van der Waals surface area contributed by atoms with E-state index < -0.39 is 0 Å². The highest BCUT2D eigenvalue weighted by Gasteiger charge is 2.32. The molecule has 6 nitrogen and oxygen atoms in total. The predicted octanol–water partition coefficient (Wildman–Crippen LogP) is 4.73. The van der Waals surface area contributed by atoms with Gasteiger partial charge in [0.1, 0.15) is 11.6 Å². The van der Waals surface area contributed by atoms with E-state index in [2.05, 4.69) is 31.3 Å². The van der Waals surface area contributed by atoms with Gasteiger partial charge in [-0.15, -0.1) is 0 Å². The van der Waals surface area contributed by atoms with Crippen LogP contribution in [-0.4, -0.2) is 27.8 Å². The maximum Gasteiger partial charge on any atom is 0.226 e. The summed E-state index contributed by atoms with van der Waals surface area (Å²) in [6.07, 6.45) is 2.15. The minimum absolute atomic E-state index is 0.0533. The molecule has 28 heavy (non-hydrogen) atoms. The second-order valence-corrected chi connectivity index (χ2v) is 8.44. The molecular weight excluding hydrogens is 440 g/mol. The van der Waals surface area contributed by atoms with Gasteiger partial charge in [-0.2, -0.15) is 9.78 Å². The maximum absolute atomic E-state index is 12.5. The number of para-hydroxylation sites is 1. The van der Waals surface area contributed by atoms with Gasteiger partial charge in [-0.3, -0.25) is 4.79 Å². The molecule has 2 aromatic carbocycles. The number of nitrogens with one attached hydrogen (secondary N) is 1. The summed E-state index contributed by atoms with van der Waals surface area (Å²) in [6.45, 7) is 0. The van der Waals surface area contributed by atoms with E-state index >= 15 is 0 Å². The zero-order valence-electron chi connectivity index (χ0n) is 14.8. The number of aromatic nitrogens is 3. The van der Waals surface area contributed by atoms with E-state index in [0.29, 0.717) is 12.2 Å². The Hall–Kier alpha value is -2.71. The fraction of sp³-hybridized carbons (Fsp3) is 0.150. The predicted molar refractivity (Wildman–Crippen MR) is 113 cm³/mol. The van der Waals surface area contributed by atoms with Crippen LogP contribution in [0.1, 0.15) is 23.5 Å². The van der Waals surface area contributed by atoms with Crippen LogP contribution in [0.2, 0.25) is 0 Å². The molecule has 1 N–H and O–H groups in total. The lowest BCUT2D eigenvalue weighted by Gasteiger charge is -2.25. The Morgan fingerprint density at radius 3 is 2.93 bits per heavy atom. The Bertz CT molecular complexity index is 1180. The zero-order chi connectivity index (χ0) is 19.3. The van der Waals surface area contributed by atoms with Crippen LogP contribution in [0.3, 0.4) is 0 Å². The number of anilines is 1. The van der Waals surface area contributed by atoms with E-state index in [-0.39, 0.29) is 11.8 Å². The molecule has 0 spiro atoms. The van der Waals surface area contributed by atoms with Crippen LogP contribution in [0.15, 0.2) is 53.1 Å². The molecule has 0 saturated heterocycles. The first kappa shape index (κ1) is 17.4. The second-order valence-electron chi connectivity index (χ2n) is 6.52. The van der Waals surface area contributed by atoms with Crippen LogP contribution in [0, 0.1) is 0 Å². The molecule has 2 aromatic heterocycles. The van der Waals surface area contributed by atoms with E-state index in [0.717, 1.165) is 36.7 Å². The normalized spacial score (nSPS) is 16.1. The number of thiazole rings is 1. The topological polar surface area (TPSA) is 69.0 Å². The summed E-state index contributed by atoms with van der Waals surface area (Å²) < 4.78 is 9.28. The van der Waals surface area contributed by atoms with Crippen LogP contribution in [0.4, 0.5) is 5.82 Å². The van der Waals surface area contributed by atoms with Crippen LogP contribution in [-0.2, 0) is 4.79 Å². The largest absolute Gasteiger partial charge is 0.496 e. The number of benzene rings is 2. The molecule has 1 aliphatic rings. The lowest BCUT2D eigenvalue weighted by Crippen LogP contribution is -2.24. The van der Waals surface area contributed by atoms with Crippen molar-refractivity contribution in [1.29, 1.82) is 0 Å². The monoisotopic (exact) mass is 454 g/mol. The van der Waals surface area contributed by atoms with Crippen LogP contribution in [0.25, 0.3) is 15.3 Å². The molecule has 4 aromatic rings. The first-order valence-electron chi connectivity index (χ1n) is 8.71. The van der Waals surface area contributed by atoms with Crippen molar-refractivity contribution in [3.05, 3.63) is 64.3 Å². The van der Waals surface area contributed by atoms with Gasteiger partial charge in [0.15, 0.2) is 0 Å². The highest BCUT2D eigenvalue weighted by atomic mass is 79.9. The van der Waals surface area contributed by atoms with Crippen LogP contribution >= 0.6 is 27.3 Å². The van der Waals surface area contributed by atoms with E-state index in [1.807, 2.05) is 48.7 Å². The van der Waals surface area contributed by atoms with Gasteiger partial charge in [-0.05, 0) is 30.3 Å². The first-order chi connectivity index (χ1) is 13.6. The van der Waals surface area contributed by atoms with Gasteiger partial charge >= 0.3 is 0 Å². The number of nitrogens with zero attached hydrogens (tertiary/aromatic N) is 3. The van der Waals surface area contributed by atoms with Crippen molar-refractivity contribution >= 4 is 49.2 Å². The average Bonchev–Trinajstić information content (AvgIpc) is 3.30. The Labute approximate surface area is 173 Å². The SMILES string of the molecule is COc1ccc(Br)cc1C1CC(=O)Nc2c1cnn2-c1nc2ccccc2s1. The van der Waals surface area contributed by atoms with Gasteiger partial charge in [-0.1, -0.05) is 39.4 Å². The third-order valence-corrected chi connectivity index (χ3v) is 6.36. The van der Waals surface area contributed by atoms with E-state index in [4.69, 9.17) is 4.74 Å². The third kappa shape index (κ3) is 2.80. The van der Waals surface area contributed by atoms with Crippen LogP contribution in [0.5, 0.6) is 5.75 Å². The summed E-state index contributed by atoms with van der Waals surface area (Å²) in [5.41, 5.74) is 2.83. The summed E-state index contributed by atoms with van der Waals surface area (Å²) in [5, 5.41) is 8.25. The quantitative estimate of drug-likeness (QED) is 0.485. The zero-order valence-corrected chi connectivity index (χ0v) is 17.3. The number of carbonyl (C=O) groups is 1. The van der Waals surface area contributed by atoms with Crippen molar-refractivity contribution in [2.24, 2.45) is 0 Å². The summed E-state index contributed by atoms with van der Waals surface area (Å²) in [4.78, 5) is 17.2. The van der Waals surface area contributed by atoms with E-state index in [9.17, 15) is 4.79 Å². The molecule has 1 aliphatic heterocycles. The molecular formula is C20H15BrN4O2S. The maximum atomic E-state index is 12.5. The minimum Gasteiger partial charge on any atom is -0.496 e. The highest BCUT2D eigenvalue weighted by Crippen LogP contribution is 2.42. The second kappa shape index (κ2) is 6.72. The molecule has 0 aliphatic carbocycles. The summed E-state index contributed by atoms with van der Waals surface area (Å²) in [5.74, 6) is 1.23. The van der Waals surface area contributed by atoms with Crippen molar-refractivity contribution in [2.45, 2.75) is 12.3 Å². The molecule has 3 heterocycles. The smallest absolute Gasteiger partial charge is 0.226 e. The molecule has 1 atom stereocenters. The average molecular weight is 455 g/mol. The molecule has 140 valence electrons. The molecule has 8 heteroatoms. The molecule has 0 saturated carbocycles. The highest BCUT2D eigenvalue weighted by molar-refractivity contribution is 9.10. The van der Waals surface area contributed by atoms with Gasteiger partial charge in [0, 0.05) is 27.9 Å². The lowest BCUT2D eigenvalue weighted by atomic mass is 9.87. The number of amides is 1. The number of ether oxygens (including phenoxy) is 1.